The second kappa shape index (κ2) is 16.1. The standard InChI is InChI=1S/C29H26O3.C4H10.C2H6/c1-3-20(2)21-4-6-24(7-5-21)29(31)25-12-18-28(19-13-25)32-27-16-10-23(11-17-27)22-8-14-26(30)15-9-22;1-3-4-2;1-2/h3-4,6-19,21,30H,5H2,1-2H3;3-4H2,1-2H3;1-2H3/b20-3-;;. The number of carbonyl (C=O) groups excluding carboxylic acids is 1. The van der Waals surface area contributed by atoms with Crippen LogP contribution in [0.25, 0.3) is 11.1 Å². The number of aromatic hydroxyl groups is 1. The molecule has 0 heterocycles. The van der Waals surface area contributed by atoms with Crippen LogP contribution in [0.1, 0.15) is 71.2 Å². The van der Waals surface area contributed by atoms with Gasteiger partial charge in [0.05, 0.1) is 0 Å². The summed E-state index contributed by atoms with van der Waals surface area (Å²) in [6.45, 7) is 12.5. The number of phenols is 1. The number of allylic oxidation sites excluding steroid dienone is 6. The number of phenolic OH excluding ortho intramolecular Hbond substituents is 1. The normalized spacial score (nSPS) is 14.3. The van der Waals surface area contributed by atoms with Crippen LogP contribution in [0.15, 0.2) is 108 Å². The molecular weight excluding hydrogens is 468 g/mol. The third kappa shape index (κ3) is 8.92. The number of unbranched alkanes of at least 4 members (excludes halogenated alkanes) is 1. The largest absolute Gasteiger partial charge is 0.508 e. The average molecular weight is 511 g/mol. The van der Waals surface area contributed by atoms with Crippen molar-refractivity contribution in [3.8, 4) is 28.4 Å². The highest BCUT2D eigenvalue weighted by Gasteiger charge is 2.16. The van der Waals surface area contributed by atoms with Crippen molar-refractivity contribution >= 4 is 5.78 Å². The Morgan fingerprint density at radius 1 is 0.868 bits per heavy atom. The molecule has 4 rings (SSSR count). The first-order chi connectivity index (χ1) is 18.4. The molecule has 0 amide bonds. The fourth-order valence-corrected chi connectivity index (χ4v) is 3.69. The van der Waals surface area contributed by atoms with Gasteiger partial charge in [0, 0.05) is 17.1 Å². The summed E-state index contributed by atoms with van der Waals surface area (Å²) in [5, 5.41) is 9.43. The molecule has 0 saturated heterocycles. The number of ether oxygens (including phenoxy) is 1. The van der Waals surface area contributed by atoms with Crippen LogP contribution in [0.2, 0.25) is 0 Å². The molecule has 0 aliphatic heterocycles. The van der Waals surface area contributed by atoms with E-state index in [9.17, 15) is 9.90 Å². The van der Waals surface area contributed by atoms with Crippen molar-refractivity contribution in [3.63, 3.8) is 0 Å². The van der Waals surface area contributed by atoms with E-state index in [1.807, 2.05) is 81.5 Å². The van der Waals surface area contributed by atoms with Crippen molar-refractivity contribution in [2.75, 3.05) is 0 Å². The minimum Gasteiger partial charge on any atom is -0.508 e. The first-order valence-electron chi connectivity index (χ1n) is 13.7. The van der Waals surface area contributed by atoms with E-state index in [1.165, 1.54) is 18.4 Å². The number of benzene rings is 3. The maximum atomic E-state index is 12.8. The summed E-state index contributed by atoms with van der Waals surface area (Å²) in [7, 11) is 0. The van der Waals surface area contributed by atoms with Gasteiger partial charge in [0.1, 0.15) is 17.2 Å². The van der Waals surface area contributed by atoms with Crippen LogP contribution < -0.4 is 4.74 Å². The Morgan fingerprint density at radius 2 is 1.37 bits per heavy atom. The maximum absolute atomic E-state index is 12.8. The Kier molecular flexibility index (Phi) is 12.9. The summed E-state index contributed by atoms with van der Waals surface area (Å²) in [5.74, 6) is 2.06. The number of rotatable bonds is 7. The molecule has 3 heteroatoms. The van der Waals surface area contributed by atoms with Gasteiger partial charge in [-0.3, -0.25) is 4.79 Å². The molecule has 3 aromatic carbocycles. The Morgan fingerprint density at radius 3 is 1.82 bits per heavy atom. The van der Waals surface area contributed by atoms with Crippen LogP contribution in [-0.4, -0.2) is 10.9 Å². The molecule has 0 bridgehead atoms. The topological polar surface area (TPSA) is 46.5 Å². The SMILES string of the molecule is C/C=C(/C)C1C=CC(C(=O)c2ccc(Oc3ccc(-c4ccc(O)cc4)cc3)cc2)=CC1.CC.CCCC. The Hall–Kier alpha value is -3.85. The predicted molar refractivity (Wildman–Crippen MR) is 161 cm³/mol. The molecular formula is C35H42O3. The molecule has 1 aliphatic rings. The second-order valence-corrected chi connectivity index (χ2v) is 8.92. The van der Waals surface area contributed by atoms with Gasteiger partial charge in [0.15, 0.2) is 5.78 Å². The van der Waals surface area contributed by atoms with E-state index in [1.54, 1.807) is 24.3 Å². The molecule has 3 nitrogen and oxygen atoms in total. The van der Waals surface area contributed by atoms with Crippen molar-refractivity contribution in [3.05, 3.63) is 114 Å². The van der Waals surface area contributed by atoms with E-state index in [2.05, 4.69) is 32.9 Å². The van der Waals surface area contributed by atoms with Gasteiger partial charge < -0.3 is 9.84 Å². The minimum atomic E-state index is 0.0302. The van der Waals surface area contributed by atoms with Crippen molar-refractivity contribution in [1.29, 1.82) is 0 Å². The molecule has 0 fully saturated rings. The first-order valence-corrected chi connectivity index (χ1v) is 13.7. The minimum absolute atomic E-state index is 0.0302. The average Bonchev–Trinajstić information content (AvgIpc) is 2.99. The number of Topliss-reactive ketones (excluding diaryl/α,β-unsaturated/α-hetero) is 1. The van der Waals surface area contributed by atoms with Gasteiger partial charge in [-0.05, 0) is 79.9 Å². The monoisotopic (exact) mass is 510 g/mol. The van der Waals surface area contributed by atoms with Crippen LogP contribution in [-0.2, 0) is 0 Å². The molecule has 0 radical (unpaired) electrons. The fraction of sp³-hybridized carbons (Fsp3) is 0.286. The lowest BCUT2D eigenvalue weighted by Crippen LogP contribution is -2.08. The molecule has 1 N–H and O–H groups in total. The lowest BCUT2D eigenvalue weighted by atomic mass is 9.88. The van der Waals surface area contributed by atoms with E-state index in [-0.39, 0.29) is 11.5 Å². The van der Waals surface area contributed by atoms with Gasteiger partial charge in [-0.25, -0.2) is 0 Å². The highest BCUT2D eigenvalue weighted by atomic mass is 16.5. The quantitative estimate of drug-likeness (QED) is 0.254. The second-order valence-electron chi connectivity index (χ2n) is 8.92. The van der Waals surface area contributed by atoms with Crippen molar-refractivity contribution in [2.24, 2.45) is 5.92 Å². The zero-order chi connectivity index (χ0) is 27.9. The molecule has 1 unspecified atom stereocenters. The summed E-state index contributed by atoms with van der Waals surface area (Å²) >= 11 is 0. The molecule has 1 aliphatic carbocycles. The van der Waals surface area contributed by atoms with E-state index in [0.29, 0.717) is 17.2 Å². The maximum Gasteiger partial charge on any atom is 0.192 e. The number of carbonyl (C=O) groups is 1. The number of hydrogen-bond acceptors (Lipinski definition) is 3. The molecule has 0 aromatic heterocycles. The molecule has 38 heavy (non-hydrogen) atoms. The van der Waals surface area contributed by atoms with Crippen LogP contribution in [0.3, 0.4) is 0 Å². The Balaban J connectivity index is 0.000000773. The summed E-state index contributed by atoms with van der Waals surface area (Å²) in [5.41, 5.74) is 4.77. The molecule has 0 saturated carbocycles. The van der Waals surface area contributed by atoms with Gasteiger partial charge >= 0.3 is 0 Å². The molecule has 3 aromatic rings. The molecule has 200 valence electrons. The van der Waals surface area contributed by atoms with E-state index < -0.39 is 0 Å². The van der Waals surface area contributed by atoms with Gasteiger partial charge in [-0.15, -0.1) is 0 Å². The number of ketones is 1. The van der Waals surface area contributed by atoms with E-state index >= 15 is 0 Å². The third-order valence-corrected chi connectivity index (χ3v) is 6.31. The van der Waals surface area contributed by atoms with Crippen LogP contribution in [0, 0.1) is 5.92 Å². The van der Waals surface area contributed by atoms with Gasteiger partial charge in [0.2, 0.25) is 0 Å². The van der Waals surface area contributed by atoms with Crippen molar-refractivity contribution < 1.29 is 14.6 Å². The smallest absolute Gasteiger partial charge is 0.192 e. The van der Waals surface area contributed by atoms with Gasteiger partial charge in [-0.1, -0.05) is 94.7 Å². The summed E-state index contributed by atoms with van der Waals surface area (Å²) < 4.78 is 5.94. The van der Waals surface area contributed by atoms with Gasteiger partial charge in [0.25, 0.3) is 0 Å². The fourth-order valence-electron chi connectivity index (χ4n) is 3.69. The van der Waals surface area contributed by atoms with E-state index in [4.69, 9.17) is 4.74 Å². The van der Waals surface area contributed by atoms with Crippen molar-refractivity contribution in [1.82, 2.24) is 0 Å². The van der Waals surface area contributed by atoms with Gasteiger partial charge in [-0.2, -0.15) is 0 Å². The lowest BCUT2D eigenvalue weighted by molar-refractivity contribution is 0.103. The Bertz CT molecular complexity index is 1210. The predicted octanol–water partition coefficient (Wildman–Crippen LogP) is 10.3. The van der Waals surface area contributed by atoms with Crippen molar-refractivity contribution in [2.45, 2.75) is 60.8 Å². The zero-order valence-electron chi connectivity index (χ0n) is 23.7. The summed E-state index contributed by atoms with van der Waals surface area (Å²) in [6.07, 6.45) is 11.7. The highest BCUT2D eigenvalue weighted by molar-refractivity contribution is 6.10. The zero-order valence-corrected chi connectivity index (χ0v) is 23.7. The molecule has 1 atom stereocenters. The first kappa shape index (κ1) is 30.4. The highest BCUT2D eigenvalue weighted by Crippen LogP contribution is 2.28. The van der Waals surface area contributed by atoms with Crippen LogP contribution in [0.5, 0.6) is 17.2 Å². The van der Waals surface area contributed by atoms with Crippen LogP contribution >= 0.6 is 0 Å². The van der Waals surface area contributed by atoms with E-state index in [0.717, 1.165) is 28.9 Å². The number of hydrogen-bond donors (Lipinski definition) is 1. The summed E-state index contributed by atoms with van der Waals surface area (Å²) in [6, 6.07) is 22.1. The van der Waals surface area contributed by atoms with Crippen LogP contribution in [0.4, 0.5) is 0 Å². The Labute approximate surface area is 229 Å². The molecule has 0 spiro atoms. The summed E-state index contributed by atoms with van der Waals surface area (Å²) in [4.78, 5) is 12.8. The third-order valence-electron chi connectivity index (χ3n) is 6.31. The lowest BCUT2D eigenvalue weighted by Gasteiger charge is -2.16.